The van der Waals surface area contributed by atoms with Crippen LogP contribution in [-0.4, -0.2) is 18.5 Å². The molecule has 0 bridgehead atoms. The summed E-state index contributed by atoms with van der Waals surface area (Å²) in [6, 6.07) is 0. The van der Waals surface area contributed by atoms with Crippen molar-refractivity contribution < 1.29 is 8.78 Å². The standard InChI is InChI=1S/C10H19F2N/c1-8(2)9(13-3)4-6-10(11,12)7-5-9/h8,13H,4-7H2,1-3H3. The third-order valence-electron chi connectivity index (χ3n) is 3.48. The van der Waals surface area contributed by atoms with E-state index in [-0.39, 0.29) is 18.4 Å². The lowest BCUT2D eigenvalue weighted by Crippen LogP contribution is -2.52. The molecule has 1 nitrogen and oxygen atoms in total. The first-order chi connectivity index (χ1) is 5.92. The van der Waals surface area contributed by atoms with E-state index in [1.165, 1.54) is 0 Å². The quantitative estimate of drug-likeness (QED) is 0.707. The number of nitrogens with one attached hydrogen (secondary N) is 1. The molecular formula is C10H19F2N. The molecule has 0 aliphatic heterocycles. The van der Waals surface area contributed by atoms with Crippen LogP contribution in [0.4, 0.5) is 8.78 Å². The predicted molar refractivity (Wildman–Crippen MR) is 50.0 cm³/mol. The molecule has 0 radical (unpaired) electrons. The topological polar surface area (TPSA) is 12.0 Å². The minimum atomic E-state index is -2.42. The molecule has 0 amide bonds. The Morgan fingerprint density at radius 1 is 1.08 bits per heavy atom. The molecule has 1 aliphatic carbocycles. The summed E-state index contributed by atoms with van der Waals surface area (Å²) in [4.78, 5) is 0. The van der Waals surface area contributed by atoms with Crippen molar-refractivity contribution in [3.05, 3.63) is 0 Å². The Bertz CT molecular complexity index is 168. The predicted octanol–water partition coefficient (Wildman–Crippen LogP) is 2.81. The van der Waals surface area contributed by atoms with E-state index in [4.69, 9.17) is 0 Å². The van der Waals surface area contributed by atoms with Crippen molar-refractivity contribution >= 4 is 0 Å². The van der Waals surface area contributed by atoms with E-state index in [1.807, 2.05) is 7.05 Å². The lowest BCUT2D eigenvalue weighted by molar-refractivity contribution is -0.0619. The number of hydrogen-bond acceptors (Lipinski definition) is 1. The van der Waals surface area contributed by atoms with Gasteiger partial charge in [0.2, 0.25) is 5.92 Å². The summed E-state index contributed by atoms with van der Waals surface area (Å²) in [7, 11) is 1.88. The smallest absolute Gasteiger partial charge is 0.248 e. The molecule has 13 heavy (non-hydrogen) atoms. The van der Waals surface area contributed by atoms with E-state index < -0.39 is 5.92 Å². The van der Waals surface area contributed by atoms with Gasteiger partial charge in [-0.25, -0.2) is 8.78 Å². The minimum Gasteiger partial charge on any atom is -0.314 e. The molecule has 1 saturated carbocycles. The van der Waals surface area contributed by atoms with Crippen LogP contribution in [0.25, 0.3) is 0 Å². The van der Waals surface area contributed by atoms with Crippen LogP contribution >= 0.6 is 0 Å². The highest BCUT2D eigenvalue weighted by atomic mass is 19.3. The summed E-state index contributed by atoms with van der Waals surface area (Å²) >= 11 is 0. The molecule has 1 N–H and O–H groups in total. The lowest BCUT2D eigenvalue weighted by Gasteiger charge is -2.43. The van der Waals surface area contributed by atoms with Crippen molar-refractivity contribution in [2.45, 2.75) is 51.0 Å². The van der Waals surface area contributed by atoms with Crippen LogP contribution < -0.4 is 5.32 Å². The summed E-state index contributed by atoms with van der Waals surface area (Å²) in [5.41, 5.74) is -0.0539. The number of hydrogen-bond donors (Lipinski definition) is 1. The highest BCUT2D eigenvalue weighted by molar-refractivity contribution is 4.96. The van der Waals surface area contributed by atoms with Gasteiger partial charge in [0.1, 0.15) is 0 Å². The highest BCUT2D eigenvalue weighted by Crippen LogP contribution is 2.41. The van der Waals surface area contributed by atoms with E-state index in [0.29, 0.717) is 18.8 Å². The average molecular weight is 191 g/mol. The van der Waals surface area contributed by atoms with Gasteiger partial charge >= 0.3 is 0 Å². The fourth-order valence-corrected chi connectivity index (χ4v) is 2.18. The van der Waals surface area contributed by atoms with Crippen molar-refractivity contribution in [3.63, 3.8) is 0 Å². The zero-order valence-electron chi connectivity index (χ0n) is 8.66. The van der Waals surface area contributed by atoms with Gasteiger partial charge in [-0.2, -0.15) is 0 Å². The van der Waals surface area contributed by atoms with Crippen molar-refractivity contribution in [1.82, 2.24) is 5.32 Å². The van der Waals surface area contributed by atoms with Gasteiger partial charge in [-0.1, -0.05) is 13.8 Å². The van der Waals surface area contributed by atoms with Gasteiger partial charge < -0.3 is 5.32 Å². The van der Waals surface area contributed by atoms with Crippen molar-refractivity contribution in [2.75, 3.05) is 7.05 Å². The molecule has 0 unspecified atom stereocenters. The van der Waals surface area contributed by atoms with Gasteiger partial charge in [-0.15, -0.1) is 0 Å². The van der Waals surface area contributed by atoms with Crippen LogP contribution in [0.1, 0.15) is 39.5 Å². The van der Waals surface area contributed by atoms with Crippen molar-refractivity contribution in [1.29, 1.82) is 0 Å². The van der Waals surface area contributed by atoms with Crippen LogP contribution in [0.15, 0.2) is 0 Å². The molecule has 0 aromatic rings. The van der Waals surface area contributed by atoms with Crippen molar-refractivity contribution in [2.24, 2.45) is 5.92 Å². The van der Waals surface area contributed by atoms with Gasteiger partial charge in [0, 0.05) is 18.4 Å². The van der Waals surface area contributed by atoms with Gasteiger partial charge in [0.15, 0.2) is 0 Å². The van der Waals surface area contributed by atoms with Crippen LogP contribution in [0.5, 0.6) is 0 Å². The first-order valence-corrected chi connectivity index (χ1v) is 4.99. The van der Waals surface area contributed by atoms with Crippen LogP contribution in [-0.2, 0) is 0 Å². The molecule has 0 aromatic carbocycles. The third-order valence-corrected chi connectivity index (χ3v) is 3.48. The van der Waals surface area contributed by atoms with E-state index in [0.717, 1.165) is 0 Å². The van der Waals surface area contributed by atoms with Gasteiger partial charge in [0.05, 0.1) is 0 Å². The first-order valence-electron chi connectivity index (χ1n) is 4.99. The zero-order valence-corrected chi connectivity index (χ0v) is 8.66. The second kappa shape index (κ2) is 3.52. The number of alkyl halides is 2. The van der Waals surface area contributed by atoms with Gasteiger partial charge in [-0.05, 0) is 25.8 Å². The van der Waals surface area contributed by atoms with Crippen LogP contribution in [0.2, 0.25) is 0 Å². The molecular weight excluding hydrogens is 172 g/mol. The Kier molecular flexibility index (Phi) is 2.95. The summed E-state index contributed by atoms with van der Waals surface area (Å²) in [6.07, 6.45) is 1.25. The third kappa shape index (κ3) is 2.19. The fourth-order valence-electron chi connectivity index (χ4n) is 2.18. The minimum absolute atomic E-state index is 0.0337. The average Bonchev–Trinajstić information content (AvgIpc) is 2.05. The Balaban J connectivity index is 2.63. The molecule has 0 spiro atoms. The van der Waals surface area contributed by atoms with E-state index >= 15 is 0 Å². The maximum atomic E-state index is 12.9. The Morgan fingerprint density at radius 2 is 1.54 bits per heavy atom. The molecule has 0 heterocycles. The summed E-state index contributed by atoms with van der Waals surface area (Å²) in [5.74, 6) is -2.00. The number of halogens is 2. The van der Waals surface area contributed by atoms with E-state index in [1.54, 1.807) is 0 Å². The molecule has 1 rings (SSSR count). The SMILES string of the molecule is CNC1(C(C)C)CCC(F)(F)CC1. The van der Waals surface area contributed by atoms with Crippen LogP contribution in [0, 0.1) is 5.92 Å². The summed E-state index contributed by atoms with van der Waals surface area (Å²) in [5, 5.41) is 3.22. The van der Waals surface area contributed by atoms with Gasteiger partial charge in [-0.3, -0.25) is 0 Å². The zero-order chi connectivity index (χ0) is 10.1. The van der Waals surface area contributed by atoms with Gasteiger partial charge in [0.25, 0.3) is 0 Å². The van der Waals surface area contributed by atoms with E-state index in [9.17, 15) is 8.78 Å². The maximum absolute atomic E-state index is 12.9. The first kappa shape index (κ1) is 10.9. The Hall–Kier alpha value is -0.180. The van der Waals surface area contributed by atoms with Crippen molar-refractivity contribution in [3.8, 4) is 0 Å². The lowest BCUT2D eigenvalue weighted by atomic mass is 9.73. The Labute approximate surface area is 78.9 Å². The maximum Gasteiger partial charge on any atom is 0.248 e. The second-order valence-corrected chi connectivity index (χ2v) is 4.42. The molecule has 0 saturated heterocycles. The Morgan fingerprint density at radius 3 is 1.85 bits per heavy atom. The molecule has 3 heteroatoms. The summed E-state index contributed by atoms with van der Waals surface area (Å²) < 4.78 is 25.8. The fraction of sp³-hybridized carbons (Fsp3) is 1.00. The molecule has 0 aromatic heterocycles. The monoisotopic (exact) mass is 191 g/mol. The number of rotatable bonds is 2. The normalized spacial score (nSPS) is 26.3. The van der Waals surface area contributed by atoms with Crippen LogP contribution in [0.3, 0.4) is 0 Å². The molecule has 78 valence electrons. The molecule has 1 aliphatic rings. The largest absolute Gasteiger partial charge is 0.314 e. The highest BCUT2D eigenvalue weighted by Gasteiger charge is 2.43. The molecule has 0 atom stereocenters. The second-order valence-electron chi connectivity index (χ2n) is 4.42. The molecule has 1 fully saturated rings. The van der Waals surface area contributed by atoms with E-state index in [2.05, 4.69) is 19.2 Å². The summed E-state index contributed by atoms with van der Waals surface area (Å²) in [6.45, 7) is 4.19.